The van der Waals surface area contributed by atoms with Crippen LogP contribution in [0.15, 0.2) is 29.0 Å². The molecule has 4 nitrogen and oxygen atoms in total. The quantitative estimate of drug-likeness (QED) is 0.931. The van der Waals surface area contributed by atoms with Crippen LogP contribution in [0.1, 0.15) is 24.2 Å². The minimum atomic E-state index is 0.0311. The van der Waals surface area contributed by atoms with Gasteiger partial charge in [0.1, 0.15) is 17.7 Å². The standard InChI is InChI=1S/C13H14Cl2N2O2/c1-8(11-5-6-19-16-11)17(2)7-9-10(14)3-4-12(18)13(9)15/h3-6,8,18H,7H2,1-2H3. The zero-order valence-corrected chi connectivity index (χ0v) is 12.1. The summed E-state index contributed by atoms with van der Waals surface area (Å²) in [7, 11) is 1.93. The number of aromatic hydroxyl groups is 1. The van der Waals surface area contributed by atoms with Gasteiger partial charge in [-0.1, -0.05) is 28.4 Å². The van der Waals surface area contributed by atoms with Gasteiger partial charge in [-0.05, 0) is 26.1 Å². The van der Waals surface area contributed by atoms with Crippen LogP contribution in [0.4, 0.5) is 0 Å². The first-order chi connectivity index (χ1) is 9.00. The lowest BCUT2D eigenvalue weighted by molar-refractivity contribution is 0.240. The molecule has 19 heavy (non-hydrogen) atoms. The lowest BCUT2D eigenvalue weighted by Crippen LogP contribution is -2.22. The molecule has 1 aromatic carbocycles. The second kappa shape index (κ2) is 5.82. The fraction of sp³-hybridized carbons (Fsp3) is 0.308. The fourth-order valence-electron chi connectivity index (χ4n) is 1.78. The maximum absolute atomic E-state index is 9.62. The highest BCUT2D eigenvalue weighted by atomic mass is 35.5. The number of phenolic OH excluding ortho intramolecular Hbond substituents is 1. The molecule has 1 unspecified atom stereocenters. The van der Waals surface area contributed by atoms with Crippen molar-refractivity contribution >= 4 is 23.2 Å². The van der Waals surface area contributed by atoms with Crippen LogP contribution in [0.25, 0.3) is 0 Å². The molecule has 1 N–H and O–H groups in total. The van der Waals surface area contributed by atoms with Crippen LogP contribution in [0, 0.1) is 0 Å². The highest BCUT2D eigenvalue weighted by Gasteiger charge is 2.18. The van der Waals surface area contributed by atoms with Crippen LogP contribution >= 0.6 is 23.2 Å². The van der Waals surface area contributed by atoms with Crippen molar-refractivity contribution in [2.75, 3.05) is 7.05 Å². The van der Waals surface area contributed by atoms with Crippen LogP contribution in [0.3, 0.4) is 0 Å². The Bertz CT molecular complexity index is 558. The van der Waals surface area contributed by atoms with Crippen LogP contribution < -0.4 is 0 Å². The molecule has 0 fully saturated rings. The van der Waals surface area contributed by atoms with E-state index >= 15 is 0 Å². The molecule has 0 aliphatic rings. The van der Waals surface area contributed by atoms with Gasteiger partial charge in [-0.25, -0.2) is 0 Å². The maximum Gasteiger partial charge on any atom is 0.134 e. The topological polar surface area (TPSA) is 49.5 Å². The van der Waals surface area contributed by atoms with Crippen molar-refractivity contribution in [3.05, 3.63) is 45.8 Å². The van der Waals surface area contributed by atoms with E-state index in [2.05, 4.69) is 5.16 Å². The van der Waals surface area contributed by atoms with Gasteiger partial charge < -0.3 is 9.63 Å². The van der Waals surface area contributed by atoms with E-state index in [9.17, 15) is 5.11 Å². The molecule has 2 aromatic rings. The van der Waals surface area contributed by atoms with Gasteiger partial charge in [0.05, 0.1) is 11.1 Å². The first-order valence-corrected chi connectivity index (χ1v) is 6.52. The van der Waals surface area contributed by atoms with E-state index in [-0.39, 0.29) is 16.8 Å². The zero-order valence-electron chi connectivity index (χ0n) is 10.6. The van der Waals surface area contributed by atoms with E-state index in [0.717, 1.165) is 5.69 Å². The minimum absolute atomic E-state index is 0.0311. The number of rotatable bonds is 4. The van der Waals surface area contributed by atoms with Gasteiger partial charge in [0.15, 0.2) is 0 Å². The summed E-state index contributed by atoms with van der Waals surface area (Å²) in [5, 5.41) is 14.3. The van der Waals surface area contributed by atoms with Crippen molar-refractivity contribution in [3.63, 3.8) is 0 Å². The van der Waals surface area contributed by atoms with E-state index in [1.165, 1.54) is 12.3 Å². The highest BCUT2D eigenvalue weighted by molar-refractivity contribution is 6.36. The Kier molecular flexibility index (Phi) is 4.34. The van der Waals surface area contributed by atoms with Crippen LogP contribution in [-0.2, 0) is 6.54 Å². The van der Waals surface area contributed by atoms with Gasteiger partial charge in [-0.3, -0.25) is 4.90 Å². The highest BCUT2D eigenvalue weighted by Crippen LogP contribution is 2.34. The van der Waals surface area contributed by atoms with Crippen molar-refractivity contribution in [2.45, 2.75) is 19.5 Å². The summed E-state index contributed by atoms with van der Waals surface area (Å²) in [4.78, 5) is 2.02. The molecule has 0 aliphatic carbocycles. The summed E-state index contributed by atoms with van der Waals surface area (Å²) in [6, 6.07) is 4.97. The smallest absolute Gasteiger partial charge is 0.134 e. The molecule has 1 heterocycles. The van der Waals surface area contributed by atoms with E-state index in [1.54, 1.807) is 6.07 Å². The Hall–Kier alpha value is -1.23. The summed E-state index contributed by atoms with van der Waals surface area (Å²) in [5.74, 6) is 0.0311. The molecule has 2 rings (SSSR count). The van der Waals surface area contributed by atoms with Crippen molar-refractivity contribution in [3.8, 4) is 5.75 Å². The third-order valence-corrected chi connectivity index (χ3v) is 3.90. The number of hydrogen-bond donors (Lipinski definition) is 1. The number of nitrogens with zero attached hydrogens (tertiary/aromatic N) is 2. The average Bonchev–Trinajstić information content (AvgIpc) is 2.92. The molecular formula is C13H14Cl2N2O2. The van der Waals surface area contributed by atoms with Gasteiger partial charge in [0.2, 0.25) is 0 Å². The monoisotopic (exact) mass is 300 g/mol. The Balaban J connectivity index is 2.19. The first kappa shape index (κ1) is 14.2. The zero-order chi connectivity index (χ0) is 14.0. The fourth-order valence-corrected chi connectivity index (χ4v) is 2.27. The Morgan fingerprint density at radius 1 is 1.37 bits per heavy atom. The van der Waals surface area contributed by atoms with E-state index in [0.29, 0.717) is 17.1 Å². The second-order valence-electron chi connectivity index (χ2n) is 4.37. The molecule has 0 bridgehead atoms. The minimum Gasteiger partial charge on any atom is -0.506 e. The van der Waals surface area contributed by atoms with Crippen molar-refractivity contribution in [1.82, 2.24) is 10.1 Å². The van der Waals surface area contributed by atoms with Gasteiger partial charge >= 0.3 is 0 Å². The molecule has 1 aromatic heterocycles. The number of benzene rings is 1. The van der Waals surface area contributed by atoms with Crippen LogP contribution in [0.5, 0.6) is 5.75 Å². The largest absolute Gasteiger partial charge is 0.506 e. The van der Waals surface area contributed by atoms with E-state index in [4.69, 9.17) is 27.7 Å². The summed E-state index contributed by atoms with van der Waals surface area (Å²) < 4.78 is 4.83. The molecule has 0 radical (unpaired) electrons. The van der Waals surface area contributed by atoms with Crippen molar-refractivity contribution in [1.29, 1.82) is 0 Å². The SMILES string of the molecule is CC(c1ccon1)N(C)Cc1c(Cl)ccc(O)c1Cl. The average molecular weight is 301 g/mol. The first-order valence-electron chi connectivity index (χ1n) is 5.77. The van der Waals surface area contributed by atoms with Crippen molar-refractivity contribution in [2.24, 2.45) is 0 Å². The molecular weight excluding hydrogens is 287 g/mol. The molecule has 1 atom stereocenters. The third kappa shape index (κ3) is 3.03. The van der Waals surface area contributed by atoms with Crippen molar-refractivity contribution < 1.29 is 9.63 Å². The third-order valence-electron chi connectivity index (χ3n) is 3.12. The Morgan fingerprint density at radius 3 is 2.74 bits per heavy atom. The van der Waals surface area contributed by atoms with Gasteiger partial charge in [0.25, 0.3) is 0 Å². The maximum atomic E-state index is 9.62. The molecule has 0 saturated carbocycles. The Labute approximate surface area is 121 Å². The molecule has 0 saturated heterocycles. The molecule has 6 heteroatoms. The summed E-state index contributed by atoms with van der Waals surface area (Å²) in [6.45, 7) is 2.50. The van der Waals surface area contributed by atoms with Crippen LogP contribution in [-0.4, -0.2) is 22.2 Å². The lowest BCUT2D eigenvalue weighted by Gasteiger charge is -2.24. The van der Waals surface area contributed by atoms with E-state index in [1.807, 2.05) is 24.9 Å². The van der Waals surface area contributed by atoms with Gasteiger partial charge in [-0.15, -0.1) is 0 Å². The van der Waals surface area contributed by atoms with E-state index < -0.39 is 0 Å². The summed E-state index contributed by atoms with van der Waals surface area (Å²) in [6.07, 6.45) is 1.54. The molecule has 102 valence electrons. The number of aromatic nitrogens is 1. The predicted molar refractivity (Wildman–Crippen MR) is 74.5 cm³/mol. The molecule has 0 spiro atoms. The Morgan fingerprint density at radius 2 is 2.11 bits per heavy atom. The lowest BCUT2D eigenvalue weighted by atomic mass is 10.1. The number of hydrogen-bond acceptors (Lipinski definition) is 4. The summed E-state index contributed by atoms with van der Waals surface area (Å²) >= 11 is 12.2. The predicted octanol–water partition coefficient (Wildman–Crippen LogP) is 3.88. The normalized spacial score (nSPS) is 12.9. The molecule has 0 aliphatic heterocycles. The summed E-state index contributed by atoms with van der Waals surface area (Å²) in [5.41, 5.74) is 1.52. The molecule has 0 amide bonds. The van der Waals surface area contributed by atoms with Gasteiger partial charge in [0, 0.05) is 23.2 Å². The van der Waals surface area contributed by atoms with Gasteiger partial charge in [-0.2, -0.15) is 0 Å². The number of phenols is 1. The van der Waals surface area contributed by atoms with Crippen LogP contribution in [0.2, 0.25) is 10.0 Å². The second-order valence-corrected chi connectivity index (χ2v) is 5.16. The number of halogens is 2.